The standard InChI is InChI=1S/C30H57N3O/c1-5-7-8-9-10-11-12-13-14-15-16-17-18-19-20-21-22-23-24-25-30-31-26-27-33(30,6-2)28(3)32-29(4)34/h20-21,26-28,30-31H,5-19,22-25H2,1-4H3/p+1/b21-20+. The van der Waals surface area contributed by atoms with Crippen molar-refractivity contribution in [2.75, 3.05) is 6.54 Å². The molecule has 0 saturated heterocycles. The number of hydrogen-bond acceptors (Lipinski definition) is 2. The van der Waals surface area contributed by atoms with E-state index in [2.05, 4.69) is 56.0 Å². The molecular weight excluding hydrogens is 418 g/mol. The molecule has 1 aliphatic rings. The van der Waals surface area contributed by atoms with Gasteiger partial charge in [-0.1, -0.05) is 96.1 Å². The highest BCUT2D eigenvalue weighted by Gasteiger charge is 2.41. The second kappa shape index (κ2) is 20.0. The minimum absolute atomic E-state index is 0.0473. The normalized spacial score (nSPS) is 20.6. The maximum atomic E-state index is 11.5. The van der Waals surface area contributed by atoms with Gasteiger partial charge in [-0.25, -0.2) is 0 Å². The Bertz CT molecular complexity index is 559. The van der Waals surface area contributed by atoms with E-state index in [9.17, 15) is 4.79 Å². The number of allylic oxidation sites excluding steroid dienone is 2. The zero-order valence-electron chi connectivity index (χ0n) is 23.3. The summed E-state index contributed by atoms with van der Waals surface area (Å²) in [6.45, 7) is 9.21. The molecule has 0 spiro atoms. The quantitative estimate of drug-likeness (QED) is 0.0937. The van der Waals surface area contributed by atoms with Crippen LogP contribution in [0.15, 0.2) is 24.6 Å². The third-order valence-electron chi connectivity index (χ3n) is 7.64. The van der Waals surface area contributed by atoms with Crippen LogP contribution in [0.4, 0.5) is 0 Å². The van der Waals surface area contributed by atoms with Gasteiger partial charge >= 0.3 is 0 Å². The lowest BCUT2D eigenvalue weighted by atomic mass is 10.0. The largest absolute Gasteiger partial charge is 0.338 e. The molecule has 0 aromatic rings. The van der Waals surface area contributed by atoms with Gasteiger partial charge in [0.2, 0.25) is 5.91 Å². The van der Waals surface area contributed by atoms with Gasteiger partial charge in [0, 0.05) is 20.3 Å². The average Bonchev–Trinajstić information content (AvgIpc) is 3.24. The van der Waals surface area contributed by atoms with Crippen LogP contribution >= 0.6 is 0 Å². The highest BCUT2D eigenvalue weighted by molar-refractivity contribution is 5.72. The molecule has 0 radical (unpaired) electrons. The SMILES string of the molecule is CCCCCCCCCCCCCCC/C=C/CCCCC1NC=C[N+]1(CC)C(C)NC(C)=O. The number of carbonyl (C=O) groups excluding carboxylic acids is 1. The molecule has 3 unspecified atom stereocenters. The first-order valence-corrected chi connectivity index (χ1v) is 14.8. The van der Waals surface area contributed by atoms with Gasteiger partial charge in [0.05, 0.1) is 12.7 Å². The summed E-state index contributed by atoms with van der Waals surface area (Å²) in [6, 6.07) is 0. The number of quaternary nitrogens is 1. The number of hydrogen-bond donors (Lipinski definition) is 2. The van der Waals surface area contributed by atoms with Gasteiger partial charge in [-0.05, 0) is 39.0 Å². The Labute approximate surface area is 212 Å². The molecule has 198 valence electrons. The molecular formula is C30H58N3O+. The molecule has 1 heterocycles. The first kappa shape index (κ1) is 30.7. The summed E-state index contributed by atoms with van der Waals surface area (Å²) >= 11 is 0. The molecule has 0 aromatic carbocycles. The van der Waals surface area contributed by atoms with Crippen LogP contribution in [-0.2, 0) is 4.79 Å². The first-order chi connectivity index (χ1) is 16.6. The van der Waals surface area contributed by atoms with Crippen molar-refractivity contribution in [1.29, 1.82) is 0 Å². The monoisotopic (exact) mass is 476 g/mol. The minimum Gasteiger partial charge on any atom is -0.338 e. The molecule has 34 heavy (non-hydrogen) atoms. The van der Waals surface area contributed by atoms with E-state index in [-0.39, 0.29) is 12.1 Å². The number of amides is 1. The van der Waals surface area contributed by atoms with Crippen molar-refractivity contribution in [3.05, 3.63) is 24.6 Å². The maximum Gasteiger partial charge on any atom is 0.221 e. The van der Waals surface area contributed by atoms with E-state index in [4.69, 9.17) is 0 Å². The Morgan fingerprint density at radius 3 is 1.85 bits per heavy atom. The second-order valence-electron chi connectivity index (χ2n) is 10.5. The number of rotatable bonds is 22. The fourth-order valence-corrected chi connectivity index (χ4v) is 5.39. The van der Waals surface area contributed by atoms with Crippen molar-refractivity contribution >= 4 is 5.91 Å². The Balaban J connectivity index is 1.97. The van der Waals surface area contributed by atoms with Crippen molar-refractivity contribution < 1.29 is 9.28 Å². The number of carbonyl (C=O) groups is 1. The van der Waals surface area contributed by atoms with Crippen LogP contribution in [0, 0.1) is 0 Å². The van der Waals surface area contributed by atoms with Crippen molar-refractivity contribution in [3.63, 3.8) is 0 Å². The van der Waals surface area contributed by atoms with Gasteiger partial charge in [0.15, 0.2) is 12.3 Å². The fourth-order valence-electron chi connectivity index (χ4n) is 5.39. The van der Waals surface area contributed by atoms with Crippen LogP contribution in [0.3, 0.4) is 0 Å². The Kier molecular flexibility index (Phi) is 18.0. The number of unbranched alkanes of at least 4 members (excludes halogenated alkanes) is 15. The summed E-state index contributed by atoms with van der Waals surface area (Å²) in [7, 11) is 0. The van der Waals surface area contributed by atoms with Gasteiger partial charge in [-0.2, -0.15) is 0 Å². The van der Waals surface area contributed by atoms with E-state index in [1.807, 2.05) is 0 Å². The van der Waals surface area contributed by atoms with Gasteiger partial charge in [-0.3, -0.25) is 9.28 Å². The second-order valence-corrected chi connectivity index (χ2v) is 10.5. The smallest absolute Gasteiger partial charge is 0.221 e. The van der Waals surface area contributed by atoms with E-state index >= 15 is 0 Å². The minimum atomic E-state index is 0.0473. The van der Waals surface area contributed by atoms with Gasteiger partial charge < -0.3 is 10.6 Å². The lowest BCUT2D eigenvalue weighted by Gasteiger charge is -2.41. The van der Waals surface area contributed by atoms with Crippen molar-refractivity contribution in [1.82, 2.24) is 10.6 Å². The molecule has 0 fully saturated rings. The van der Waals surface area contributed by atoms with Gasteiger partial charge in [-0.15, -0.1) is 0 Å². The average molecular weight is 477 g/mol. The molecule has 0 bridgehead atoms. The fraction of sp³-hybridized carbons (Fsp3) is 0.833. The zero-order valence-corrected chi connectivity index (χ0v) is 23.3. The van der Waals surface area contributed by atoms with Crippen LogP contribution in [0.1, 0.15) is 143 Å². The predicted octanol–water partition coefficient (Wildman–Crippen LogP) is 8.30. The van der Waals surface area contributed by atoms with Gasteiger partial charge in [0.25, 0.3) is 0 Å². The van der Waals surface area contributed by atoms with Crippen LogP contribution in [-0.4, -0.2) is 29.3 Å². The highest BCUT2D eigenvalue weighted by atomic mass is 16.1. The van der Waals surface area contributed by atoms with Crippen LogP contribution in [0.2, 0.25) is 0 Å². The molecule has 2 N–H and O–H groups in total. The van der Waals surface area contributed by atoms with Gasteiger partial charge in [0.1, 0.15) is 6.20 Å². The predicted molar refractivity (Wildman–Crippen MR) is 148 cm³/mol. The molecule has 4 heteroatoms. The summed E-state index contributed by atoms with van der Waals surface area (Å²) in [5, 5.41) is 6.63. The van der Waals surface area contributed by atoms with Crippen molar-refractivity contribution in [2.45, 2.75) is 156 Å². The van der Waals surface area contributed by atoms with E-state index < -0.39 is 0 Å². The molecule has 0 aliphatic carbocycles. The molecule has 3 atom stereocenters. The van der Waals surface area contributed by atoms with Crippen molar-refractivity contribution in [2.24, 2.45) is 0 Å². The summed E-state index contributed by atoms with van der Waals surface area (Å²) in [4.78, 5) is 11.5. The summed E-state index contributed by atoms with van der Waals surface area (Å²) in [5.74, 6) is 0.0473. The summed E-state index contributed by atoms with van der Waals surface area (Å²) < 4.78 is 0.800. The molecule has 4 nitrogen and oxygen atoms in total. The molecule has 0 aromatic heterocycles. The highest BCUT2D eigenvalue weighted by Crippen LogP contribution is 2.26. The van der Waals surface area contributed by atoms with E-state index in [0.717, 1.165) is 17.4 Å². The molecule has 1 amide bonds. The third-order valence-corrected chi connectivity index (χ3v) is 7.64. The van der Waals surface area contributed by atoms with E-state index in [1.54, 1.807) is 6.92 Å². The summed E-state index contributed by atoms with van der Waals surface area (Å²) in [5.41, 5.74) is 0. The maximum absolute atomic E-state index is 11.5. The number of nitrogens with one attached hydrogen (secondary N) is 2. The lowest BCUT2D eigenvalue weighted by Crippen LogP contribution is -2.62. The Morgan fingerprint density at radius 1 is 0.853 bits per heavy atom. The van der Waals surface area contributed by atoms with Crippen molar-refractivity contribution in [3.8, 4) is 0 Å². The molecule has 1 aliphatic heterocycles. The van der Waals surface area contributed by atoms with E-state index in [1.165, 1.54) is 109 Å². The zero-order chi connectivity index (χ0) is 24.9. The van der Waals surface area contributed by atoms with Crippen LogP contribution in [0.25, 0.3) is 0 Å². The third kappa shape index (κ3) is 13.0. The first-order valence-electron chi connectivity index (χ1n) is 14.8. The topological polar surface area (TPSA) is 41.1 Å². The van der Waals surface area contributed by atoms with Crippen LogP contribution < -0.4 is 10.6 Å². The lowest BCUT2D eigenvalue weighted by molar-refractivity contribution is -0.923. The molecule has 0 saturated carbocycles. The Morgan fingerprint density at radius 2 is 1.35 bits per heavy atom. The summed E-state index contributed by atoms with van der Waals surface area (Å²) in [6.07, 6.45) is 34.1. The van der Waals surface area contributed by atoms with Crippen LogP contribution in [0.5, 0.6) is 0 Å². The Hall–Kier alpha value is -1.29. The number of nitrogens with zero attached hydrogens (tertiary/aromatic N) is 1. The van der Waals surface area contributed by atoms with E-state index in [0.29, 0.717) is 6.17 Å². The molecule has 1 rings (SSSR count).